The van der Waals surface area contributed by atoms with Crippen molar-refractivity contribution >= 4 is 44.8 Å². The quantitative estimate of drug-likeness (QED) is 0.743. The maximum Gasteiger partial charge on any atom is 0.264 e. The lowest BCUT2D eigenvalue weighted by atomic mass is 10.1. The number of likely N-dealkylation sites (tertiary alicyclic amines) is 1. The molecule has 0 radical (unpaired) electrons. The Kier molecular flexibility index (Phi) is 4.88. The second-order valence-electron chi connectivity index (χ2n) is 4.26. The highest BCUT2D eigenvalue weighted by molar-refractivity contribution is 9.11. The lowest BCUT2D eigenvalue weighted by Crippen LogP contribution is -2.40. The number of carbonyl (C=O) groups is 1. The molecule has 2 rings (SSSR count). The summed E-state index contributed by atoms with van der Waals surface area (Å²) in [6.07, 6.45) is 4.49. The van der Waals surface area contributed by atoms with Crippen molar-refractivity contribution in [2.75, 3.05) is 12.4 Å². The molecule has 1 amide bonds. The maximum atomic E-state index is 12.4. The fourth-order valence-electron chi connectivity index (χ4n) is 2.18. The molecule has 1 atom stereocenters. The molecule has 0 aromatic carbocycles. The topological polar surface area (TPSA) is 20.3 Å². The molecule has 2 heterocycles. The minimum Gasteiger partial charge on any atom is -0.334 e. The smallest absolute Gasteiger partial charge is 0.264 e. The fourth-order valence-corrected chi connectivity index (χ4v) is 3.84. The molecule has 1 saturated heterocycles. The summed E-state index contributed by atoms with van der Waals surface area (Å²) in [5, 5.41) is 0. The summed E-state index contributed by atoms with van der Waals surface area (Å²) in [7, 11) is 0. The molecular weight excluding hydrogens is 322 g/mol. The average molecular weight is 337 g/mol. The lowest BCUT2D eigenvalue weighted by Gasteiger charge is -2.28. The predicted octanol–water partition coefficient (Wildman–Crippen LogP) is 4.13. The van der Waals surface area contributed by atoms with Gasteiger partial charge in [-0.1, -0.05) is 12.8 Å². The van der Waals surface area contributed by atoms with Crippen LogP contribution in [0.1, 0.15) is 35.4 Å². The highest BCUT2D eigenvalue weighted by Gasteiger charge is 2.26. The Morgan fingerprint density at radius 3 is 2.94 bits per heavy atom. The van der Waals surface area contributed by atoms with Gasteiger partial charge in [-0.3, -0.25) is 4.79 Å². The van der Waals surface area contributed by atoms with Crippen LogP contribution in [0.15, 0.2) is 15.9 Å². The van der Waals surface area contributed by atoms with Crippen LogP contribution in [0.25, 0.3) is 0 Å². The third kappa shape index (κ3) is 3.24. The van der Waals surface area contributed by atoms with Crippen molar-refractivity contribution < 1.29 is 4.79 Å². The SMILES string of the molecule is O=C(c1ccc(Br)s1)N1CCCCCC1CCl. The van der Waals surface area contributed by atoms with Crippen LogP contribution in [0.2, 0.25) is 0 Å². The van der Waals surface area contributed by atoms with Crippen LogP contribution < -0.4 is 0 Å². The van der Waals surface area contributed by atoms with Crippen molar-refractivity contribution in [3.63, 3.8) is 0 Å². The minimum absolute atomic E-state index is 0.133. The Labute approximate surface area is 119 Å². The number of rotatable bonds is 2. The minimum atomic E-state index is 0.133. The molecule has 1 aromatic heterocycles. The summed E-state index contributed by atoms with van der Waals surface area (Å²) in [4.78, 5) is 15.1. The number of nitrogens with zero attached hydrogens (tertiary/aromatic N) is 1. The predicted molar refractivity (Wildman–Crippen MR) is 76.0 cm³/mol. The molecule has 0 spiro atoms. The molecule has 17 heavy (non-hydrogen) atoms. The maximum absolute atomic E-state index is 12.4. The first-order chi connectivity index (χ1) is 8.22. The van der Waals surface area contributed by atoms with E-state index < -0.39 is 0 Å². The van der Waals surface area contributed by atoms with Crippen molar-refractivity contribution in [2.45, 2.75) is 31.7 Å². The van der Waals surface area contributed by atoms with Crippen molar-refractivity contribution in [2.24, 2.45) is 0 Å². The van der Waals surface area contributed by atoms with E-state index in [4.69, 9.17) is 11.6 Å². The van der Waals surface area contributed by atoms with Gasteiger partial charge in [-0.05, 0) is 40.9 Å². The second-order valence-corrected chi connectivity index (χ2v) is 7.03. The highest BCUT2D eigenvalue weighted by Crippen LogP contribution is 2.26. The van der Waals surface area contributed by atoms with E-state index in [-0.39, 0.29) is 11.9 Å². The van der Waals surface area contributed by atoms with Gasteiger partial charge in [-0.15, -0.1) is 22.9 Å². The zero-order chi connectivity index (χ0) is 12.3. The molecule has 0 bridgehead atoms. The molecule has 2 nitrogen and oxygen atoms in total. The van der Waals surface area contributed by atoms with E-state index in [0.717, 1.165) is 28.0 Å². The summed E-state index contributed by atoms with van der Waals surface area (Å²) < 4.78 is 0.998. The first-order valence-electron chi connectivity index (χ1n) is 5.84. The standard InChI is InChI=1S/C12H15BrClNOS/c13-11-6-5-10(17-11)12(16)15-7-3-1-2-4-9(15)8-14/h5-6,9H,1-4,7-8H2. The third-order valence-electron chi connectivity index (χ3n) is 3.10. The molecule has 0 N–H and O–H groups in total. The highest BCUT2D eigenvalue weighted by atomic mass is 79.9. The third-order valence-corrected chi connectivity index (χ3v) is 5.07. The molecule has 1 fully saturated rings. The van der Waals surface area contributed by atoms with Gasteiger partial charge in [0, 0.05) is 18.5 Å². The van der Waals surface area contributed by atoms with Gasteiger partial charge in [0.25, 0.3) is 5.91 Å². The zero-order valence-corrected chi connectivity index (χ0v) is 12.7. The van der Waals surface area contributed by atoms with E-state index in [1.807, 2.05) is 17.0 Å². The second kappa shape index (κ2) is 6.21. The van der Waals surface area contributed by atoms with E-state index >= 15 is 0 Å². The number of amides is 1. The summed E-state index contributed by atoms with van der Waals surface area (Å²) in [6.45, 7) is 0.839. The first-order valence-corrected chi connectivity index (χ1v) is 7.99. The zero-order valence-electron chi connectivity index (χ0n) is 9.49. The van der Waals surface area contributed by atoms with Crippen LogP contribution in [0.4, 0.5) is 0 Å². The lowest BCUT2D eigenvalue weighted by molar-refractivity contribution is 0.0705. The van der Waals surface area contributed by atoms with Crippen LogP contribution >= 0.6 is 38.9 Å². The van der Waals surface area contributed by atoms with Gasteiger partial charge in [0.05, 0.1) is 8.66 Å². The largest absolute Gasteiger partial charge is 0.334 e. The van der Waals surface area contributed by atoms with E-state index in [0.29, 0.717) is 5.88 Å². The molecule has 0 saturated carbocycles. The van der Waals surface area contributed by atoms with Gasteiger partial charge in [-0.25, -0.2) is 0 Å². The number of hydrogen-bond donors (Lipinski definition) is 0. The Morgan fingerprint density at radius 1 is 1.47 bits per heavy atom. The van der Waals surface area contributed by atoms with Crippen molar-refractivity contribution in [1.82, 2.24) is 4.90 Å². The number of alkyl halides is 1. The van der Waals surface area contributed by atoms with Gasteiger partial charge in [-0.2, -0.15) is 0 Å². The van der Waals surface area contributed by atoms with Gasteiger partial charge in [0.1, 0.15) is 0 Å². The molecule has 1 aliphatic rings. The molecule has 0 aliphatic carbocycles. The van der Waals surface area contributed by atoms with Crippen molar-refractivity contribution in [3.05, 3.63) is 20.8 Å². The molecule has 1 aliphatic heterocycles. The van der Waals surface area contributed by atoms with Gasteiger partial charge in [0.15, 0.2) is 0 Å². The summed E-state index contributed by atoms with van der Waals surface area (Å²) >= 11 is 10.9. The summed E-state index contributed by atoms with van der Waals surface area (Å²) in [5.41, 5.74) is 0. The number of hydrogen-bond acceptors (Lipinski definition) is 2. The molecule has 94 valence electrons. The van der Waals surface area contributed by atoms with Crippen LogP contribution in [-0.4, -0.2) is 29.3 Å². The number of carbonyl (C=O) groups excluding carboxylic acids is 1. The van der Waals surface area contributed by atoms with Crippen molar-refractivity contribution in [3.8, 4) is 0 Å². The van der Waals surface area contributed by atoms with Crippen LogP contribution in [0, 0.1) is 0 Å². The van der Waals surface area contributed by atoms with E-state index in [2.05, 4.69) is 15.9 Å². The van der Waals surface area contributed by atoms with Crippen LogP contribution in [0.5, 0.6) is 0 Å². The molecule has 5 heteroatoms. The Balaban J connectivity index is 2.15. The van der Waals surface area contributed by atoms with E-state index in [1.54, 1.807) is 0 Å². The Bertz CT molecular complexity index is 396. The summed E-state index contributed by atoms with van der Waals surface area (Å²) in [6, 6.07) is 4.01. The summed E-state index contributed by atoms with van der Waals surface area (Å²) in [5.74, 6) is 0.673. The van der Waals surface area contributed by atoms with Gasteiger partial charge in [0.2, 0.25) is 0 Å². The first kappa shape index (κ1) is 13.4. The Morgan fingerprint density at radius 2 is 2.29 bits per heavy atom. The normalized spacial score (nSPS) is 21.3. The van der Waals surface area contributed by atoms with Gasteiger partial charge < -0.3 is 4.90 Å². The van der Waals surface area contributed by atoms with Crippen LogP contribution in [-0.2, 0) is 0 Å². The van der Waals surface area contributed by atoms with E-state index in [9.17, 15) is 4.79 Å². The number of halogens is 2. The Hall–Kier alpha value is -0.0600. The van der Waals surface area contributed by atoms with Crippen molar-refractivity contribution in [1.29, 1.82) is 0 Å². The average Bonchev–Trinajstić information content (AvgIpc) is 2.64. The fraction of sp³-hybridized carbons (Fsp3) is 0.583. The molecule has 1 unspecified atom stereocenters. The van der Waals surface area contributed by atoms with E-state index in [1.165, 1.54) is 24.2 Å². The number of thiophene rings is 1. The molecule has 1 aromatic rings. The van der Waals surface area contributed by atoms with Gasteiger partial charge >= 0.3 is 0 Å². The monoisotopic (exact) mass is 335 g/mol. The molecular formula is C12H15BrClNOS. The van der Waals surface area contributed by atoms with Crippen LogP contribution in [0.3, 0.4) is 0 Å².